The van der Waals surface area contributed by atoms with Crippen molar-refractivity contribution >= 4 is 10.0 Å². The van der Waals surface area contributed by atoms with Crippen LogP contribution in [0.3, 0.4) is 0 Å². The average Bonchev–Trinajstić information content (AvgIpc) is 2.26. The Kier molecular flexibility index (Phi) is 5.62. The maximum Gasteiger partial charge on any atom is 0.214 e. The highest BCUT2D eigenvalue weighted by atomic mass is 32.2. The molecule has 5 heteroatoms. The lowest BCUT2D eigenvalue weighted by molar-refractivity contribution is 0.125. The normalized spacial score (nSPS) is 20.9. The number of rotatable bonds is 5. The predicted octanol–water partition coefficient (Wildman–Crippen LogP) is 2.04. The number of sulfonamides is 1. The van der Waals surface area contributed by atoms with E-state index >= 15 is 0 Å². The molecule has 0 spiro atoms. The van der Waals surface area contributed by atoms with E-state index in [1.54, 1.807) is 0 Å². The van der Waals surface area contributed by atoms with Crippen LogP contribution in [0.2, 0.25) is 0 Å². The monoisotopic (exact) mass is 277 g/mol. The van der Waals surface area contributed by atoms with Crippen molar-refractivity contribution in [3.8, 4) is 0 Å². The van der Waals surface area contributed by atoms with Gasteiger partial charge in [0.1, 0.15) is 0 Å². The maximum atomic E-state index is 12.0. The topological polar surface area (TPSA) is 66.4 Å². The molecule has 2 N–H and O–H groups in total. The summed E-state index contributed by atoms with van der Waals surface area (Å²) in [6.07, 6.45) is 4.63. The van der Waals surface area contributed by atoms with E-state index in [4.69, 9.17) is 0 Å². The van der Waals surface area contributed by atoms with Crippen LogP contribution < -0.4 is 4.72 Å². The van der Waals surface area contributed by atoms with Crippen molar-refractivity contribution in [2.24, 2.45) is 5.41 Å². The number of aliphatic hydroxyl groups excluding tert-OH is 1. The zero-order valence-electron chi connectivity index (χ0n) is 11.8. The highest BCUT2D eigenvalue weighted by Crippen LogP contribution is 2.24. The molecule has 1 fully saturated rings. The highest BCUT2D eigenvalue weighted by molar-refractivity contribution is 7.90. The third-order valence-electron chi connectivity index (χ3n) is 3.36. The van der Waals surface area contributed by atoms with Gasteiger partial charge >= 0.3 is 0 Å². The Morgan fingerprint density at radius 2 is 1.78 bits per heavy atom. The summed E-state index contributed by atoms with van der Waals surface area (Å²) in [6, 6.07) is 0. The van der Waals surface area contributed by atoms with Crippen molar-refractivity contribution in [2.45, 2.75) is 70.7 Å². The molecular weight excluding hydrogens is 250 g/mol. The first-order valence-corrected chi connectivity index (χ1v) is 8.42. The summed E-state index contributed by atoms with van der Waals surface area (Å²) in [5, 5.41) is 9.56. The first-order valence-electron chi connectivity index (χ1n) is 6.87. The minimum Gasteiger partial charge on any atom is -0.392 e. The standard InChI is InChI=1S/C13H27NO3S/c1-13(2,3)9-11(15)10-14-18(16,17)12-7-5-4-6-8-12/h11-12,14-15H,4-10H2,1-3H3/t11-/m0/s1. The number of nitrogens with one attached hydrogen (secondary N) is 1. The van der Waals surface area contributed by atoms with Crippen LogP contribution in [0.5, 0.6) is 0 Å². The Bertz CT molecular complexity index is 340. The van der Waals surface area contributed by atoms with Crippen molar-refractivity contribution in [3.63, 3.8) is 0 Å². The van der Waals surface area contributed by atoms with E-state index in [0.29, 0.717) is 6.42 Å². The largest absolute Gasteiger partial charge is 0.392 e. The van der Waals surface area contributed by atoms with Gasteiger partial charge < -0.3 is 5.11 Å². The van der Waals surface area contributed by atoms with Crippen LogP contribution >= 0.6 is 0 Å². The van der Waals surface area contributed by atoms with Crippen LogP contribution in [0, 0.1) is 5.41 Å². The van der Waals surface area contributed by atoms with E-state index in [0.717, 1.165) is 32.1 Å². The van der Waals surface area contributed by atoms with E-state index in [1.807, 2.05) is 20.8 Å². The van der Waals surface area contributed by atoms with Crippen LogP contribution in [0.15, 0.2) is 0 Å². The maximum absolute atomic E-state index is 12.0. The second kappa shape index (κ2) is 6.35. The summed E-state index contributed by atoms with van der Waals surface area (Å²) in [4.78, 5) is 0. The molecule has 108 valence electrons. The van der Waals surface area contributed by atoms with Gasteiger partial charge in [0.15, 0.2) is 0 Å². The molecular formula is C13H27NO3S. The van der Waals surface area contributed by atoms with Gasteiger partial charge in [-0.05, 0) is 24.7 Å². The van der Waals surface area contributed by atoms with Crippen molar-refractivity contribution in [2.75, 3.05) is 6.54 Å². The van der Waals surface area contributed by atoms with Crippen LogP contribution in [0.1, 0.15) is 59.3 Å². The van der Waals surface area contributed by atoms with Crippen molar-refractivity contribution in [1.82, 2.24) is 4.72 Å². The fourth-order valence-corrected chi connectivity index (χ4v) is 4.10. The van der Waals surface area contributed by atoms with Gasteiger partial charge in [-0.1, -0.05) is 40.0 Å². The molecule has 1 aliphatic rings. The van der Waals surface area contributed by atoms with E-state index in [1.165, 1.54) is 0 Å². The number of hydrogen-bond donors (Lipinski definition) is 2. The third kappa shape index (κ3) is 5.67. The molecule has 1 saturated carbocycles. The molecule has 0 radical (unpaired) electrons. The molecule has 0 aliphatic heterocycles. The Morgan fingerprint density at radius 1 is 1.22 bits per heavy atom. The Labute approximate surface area is 111 Å². The third-order valence-corrected chi connectivity index (χ3v) is 5.28. The smallest absolute Gasteiger partial charge is 0.214 e. The summed E-state index contributed by atoms with van der Waals surface area (Å²) in [5.41, 5.74) is 0.00962. The van der Waals surface area contributed by atoms with Crippen LogP contribution in [0.25, 0.3) is 0 Å². The van der Waals surface area contributed by atoms with Gasteiger partial charge in [0.25, 0.3) is 0 Å². The second-order valence-corrected chi connectivity index (χ2v) is 8.62. The summed E-state index contributed by atoms with van der Waals surface area (Å²) < 4.78 is 26.6. The van der Waals surface area contributed by atoms with Crippen molar-refractivity contribution in [3.05, 3.63) is 0 Å². The van der Waals surface area contributed by atoms with Crippen molar-refractivity contribution in [1.29, 1.82) is 0 Å². The fourth-order valence-electron chi connectivity index (χ4n) is 2.48. The average molecular weight is 277 g/mol. The molecule has 0 heterocycles. The molecule has 4 nitrogen and oxygen atoms in total. The Hall–Kier alpha value is -0.130. The van der Waals surface area contributed by atoms with Gasteiger partial charge in [-0.25, -0.2) is 13.1 Å². The van der Waals surface area contributed by atoms with Gasteiger partial charge in [-0.15, -0.1) is 0 Å². The van der Waals surface area contributed by atoms with Gasteiger partial charge in [0, 0.05) is 6.54 Å². The molecule has 0 aromatic carbocycles. The van der Waals surface area contributed by atoms with Crippen LogP contribution in [0.4, 0.5) is 0 Å². The SMILES string of the molecule is CC(C)(C)C[C@H](O)CNS(=O)(=O)C1CCCCC1. The molecule has 0 aromatic rings. The molecule has 1 aliphatic carbocycles. The molecule has 0 unspecified atom stereocenters. The van der Waals surface area contributed by atoms with Gasteiger partial charge in [0.2, 0.25) is 10.0 Å². The van der Waals surface area contributed by atoms with Crippen molar-refractivity contribution < 1.29 is 13.5 Å². The predicted molar refractivity (Wildman–Crippen MR) is 73.9 cm³/mol. The molecule has 1 atom stereocenters. The van der Waals surface area contributed by atoms with E-state index in [9.17, 15) is 13.5 Å². The summed E-state index contributed by atoms with van der Waals surface area (Å²) >= 11 is 0. The lowest BCUT2D eigenvalue weighted by Crippen LogP contribution is -2.40. The minimum atomic E-state index is -3.24. The first kappa shape index (κ1) is 15.9. The Morgan fingerprint density at radius 3 is 2.28 bits per heavy atom. The highest BCUT2D eigenvalue weighted by Gasteiger charge is 2.27. The van der Waals surface area contributed by atoms with Gasteiger partial charge in [-0.3, -0.25) is 0 Å². The molecule has 0 aromatic heterocycles. The van der Waals surface area contributed by atoms with Crippen LogP contribution in [-0.4, -0.2) is 31.4 Å². The summed E-state index contributed by atoms with van der Waals surface area (Å²) in [6.45, 7) is 6.24. The lowest BCUT2D eigenvalue weighted by Gasteiger charge is -2.25. The molecule has 18 heavy (non-hydrogen) atoms. The lowest BCUT2D eigenvalue weighted by atomic mass is 9.89. The zero-order valence-corrected chi connectivity index (χ0v) is 12.6. The quantitative estimate of drug-likeness (QED) is 0.808. The summed E-state index contributed by atoms with van der Waals surface area (Å²) in [5.74, 6) is 0. The van der Waals surface area contributed by atoms with E-state index < -0.39 is 16.1 Å². The minimum absolute atomic E-state index is 0.00962. The van der Waals surface area contributed by atoms with E-state index in [-0.39, 0.29) is 17.2 Å². The number of aliphatic hydroxyl groups is 1. The molecule has 1 rings (SSSR count). The zero-order chi connectivity index (χ0) is 13.8. The number of hydrogen-bond acceptors (Lipinski definition) is 3. The summed E-state index contributed by atoms with van der Waals surface area (Å²) in [7, 11) is -3.24. The van der Waals surface area contributed by atoms with E-state index in [2.05, 4.69) is 4.72 Å². The fraction of sp³-hybridized carbons (Fsp3) is 1.00. The molecule has 0 saturated heterocycles. The second-order valence-electron chi connectivity index (χ2n) is 6.57. The molecule has 0 bridgehead atoms. The van der Waals surface area contributed by atoms with Crippen LogP contribution in [-0.2, 0) is 10.0 Å². The molecule has 0 amide bonds. The first-order chi connectivity index (χ1) is 8.21. The van der Waals surface area contributed by atoms with Gasteiger partial charge in [-0.2, -0.15) is 0 Å². The van der Waals surface area contributed by atoms with Gasteiger partial charge in [0.05, 0.1) is 11.4 Å². The Balaban J connectivity index is 2.41.